The van der Waals surface area contributed by atoms with Crippen LogP contribution in [0.2, 0.25) is 0 Å². The fraction of sp³-hybridized carbons (Fsp3) is 0.682. The predicted octanol–water partition coefficient (Wildman–Crippen LogP) is 3.52. The van der Waals surface area contributed by atoms with E-state index in [1.807, 2.05) is 13.8 Å². The standard InChI is InChI=1S/C22H29FN2O4/c1-13-4-9-18-14(2)19(26)25(24-12-15-5-7-16(23)8-6-15)20-22(18)17(13)10-11-21(3,27-20)28-29-22/h5-8,13-14,17-18,20,24H,4,9-12H2,1-3H3/t13-,14-,17+,18+,20-,21-,22-/m1/s1. The first-order valence-electron chi connectivity index (χ1n) is 10.7. The maximum atomic E-state index is 13.4. The second-order valence-electron chi connectivity index (χ2n) is 9.39. The van der Waals surface area contributed by atoms with Crippen molar-refractivity contribution in [1.82, 2.24) is 10.4 Å². The number of ether oxygens (including phenoxy) is 1. The number of hydrogen-bond donors (Lipinski definition) is 1. The van der Waals surface area contributed by atoms with Gasteiger partial charge in [0.15, 0.2) is 11.8 Å². The summed E-state index contributed by atoms with van der Waals surface area (Å²) in [5, 5.41) is 1.63. The van der Waals surface area contributed by atoms with Crippen LogP contribution in [0.15, 0.2) is 24.3 Å². The molecule has 1 aliphatic carbocycles. The number of hydrazine groups is 1. The summed E-state index contributed by atoms with van der Waals surface area (Å²) in [5.41, 5.74) is 3.49. The van der Waals surface area contributed by atoms with Gasteiger partial charge in [0.2, 0.25) is 11.7 Å². The molecule has 2 bridgehead atoms. The molecule has 4 saturated heterocycles. The van der Waals surface area contributed by atoms with E-state index in [0.717, 1.165) is 31.2 Å². The average Bonchev–Trinajstić information content (AvgIpc) is 2.94. The maximum absolute atomic E-state index is 13.4. The second-order valence-corrected chi connectivity index (χ2v) is 9.39. The van der Waals surface area contributed by atoms with Gasteiger partial charge in [0.05, 0.1) is 0 Å². The Morgan fingerprint density at radius 3 is 2.66 bits per heavy atom. The summed E-state index contributed by atoms with van der Waals surface area (Å²) in [5.74, 6) is -0.527. The minimum absolute atomic E-state index is 0.0146. The zero-order valence-corrected chi connectivity index (χ0v) is 17.2. The molecular formula is C22H29FN2O4. The molecule has 1 spiro atoms. The normalized spacial score (nSPS) is 43.8. The van der Waals surface area contributed by atoms with Crippen molar-refractivity contribution in [2.45, 2.75) is 70.6 Å². The maximum Gasteiger partial charge on any atom is 0.242 e. The van der Waals surface area contributed by atoms with Crippen LogP contribution in [0.25, 0.3) is 0 Å². The summed E-state index contributed by atoms with van der Waals surface area (Å²) in [4.78, 5) is 25.4. The van der Waals surface area contributed by atoms with Crippen LogP contribution in [-0.2, 0) is 25.9 Å². The number of hydrogen-bond acceptors (Lipinski definition) is 5. The fourth-order valence-corrected chi connectivity index (χ4v) is 6.00. The number of fused-ring (bicyclic) bond motifs is 2. The molecule has 7 heteroatoms. The molecule has 1 aromatic rings. The van der Waals surface area contributed by atoms with Crippen LogP contribution in [0.4, 0.5) is 4.39 Å². The first-order chi connectivity index (χ1) is 13.8. The van der Waals surface area contributed by atoms with E-state index in [9.17, 15) is 9.18 Å². The molecule has 0 aromatic heterocycles. The largest absolute Gasteiger partial charge is 0.319 e. The Labute approximate surface area is 170 Å². The Kier molecular flexibility index (Phi) is 4.51. The van der Waals surface area contributed by atoms with Crippen LogP contribution < -0.4 is 5.43 Å². The van der Waals surface area contributed by atoms with E-state index >= 15 is 0 Å². The molecule has 5 fully saturated rings. The Bertz CT molecular complexity index is 805. The summed E-state index contributed by atoms with van der Waals surface area (Å²) in [7, 11) is 0. The molecule has 1 saturated carbocycles. The molecule has 7 atom stereocenters. The number of carbonyl (C=O) groups excluding carboxylic acids is 1. The van der Waals surface area contributed by atoms with E-state index < -0.39 is 17.6 Å². The lowest BCUT2D eigenvalue weighted by atomic mass is 9.57. The van der Waals surface area contributed by atoms with E-state index in [0.29, 0.717) is 12.5 Å². The van der Waals surface area contributed by atoms with Crippen LogP contribution in [0.5, 0.6) is 0 Å². The van der Waals surface area contributed by atoms with Gasteiger partial charge in [-0.2, -0.15) is 0 Å². The molecule has 0 unspecified atom stereocenters. The number of nitrogens with one attached hydrogen (secondary N) is 1. The number of rotatable bonds is 3. The number of carbonyl (C=O) groups is 1. The van der Waals surface area contributed by atoms with E-state index in [-0.39, 0.29) is 29.5 Å². The summed E-state index contributed by atoms with van der Waals surface area (Å²) >= 11 is 0. The molecule has 29 heavy (non-hydrogen) atoms. The topological polar surface area (TPSA) is 60.0 Å². The molecule has 1 N–H and O–H groups in total. The van der Waals surface area contributed by atoms with Crippen molar-refractivity contribution in [2.24, 2.45) is 23.7 Å². The van der Waals surface area contributed by atoms with Gasteiger partial charge in [-0.1, -0.05) is 26.0 Å². The molecule has 5 aliphatic rings. The highest BCUT2D eigenvalue weighted by Gasteiger charge is 2.70. The van der Waals surface area contributed by atoms with Crippen molar-refractivity contribution >= 4 is 5.91 Å². The molecule has 4 heterocycles. The smallest absolute Gasteiger partial charge is 0.242 e. The van der Waals surface area contributed by atoms with Crippen molar-refractivity contribution in [1.29, 1.82) is 0 Å². The van der Waals surface area contributed by atoms with Crippen molar-refractivity contribution in [3.8, 4) is 0 Å². The summed E-state index contributed by atoms with van der Waals surface area (Å²) in [6.07, 6.45) is 3.16. The van der Waals surface area contributed by atoms with Crippen LogP contribution in [0, 0.1) is 29.5 Å². The average molecular weight is 404 g/mol. The number of piperidine rings is 1. The van der Waals surface area contributed by atoms with Crippen molar-refractivity contribution < 1.29 is 23.7 Å². The Morgan fingerprint density at radius 2 is 1.90 bits per heavy atom. The molecule has 4 aliphatic heterocycles. The van der Waals surface area contributed by atoms with Gasteiger partial charge in [-0.25, -0.2) is 24.6 Å². The zero-order valence-electron chi connectivity index (χ0n) is 17.2. The van der Waals surface area contributed by atoms with Crippen molar-refractivity contribution in [2.75, 3.05) is 0 Å². The second kappa shape index (κ2) is 6.74. The molecule has 6 rings (SSSR count). The number of nitrogens with zero attached hydrogens (tertiary/aromatic N) is 1. The number of halogens is 1. The lowest BCUT2D eigenvalue weighted by Crippen LogP contribution is -2.76. The van der Waals surface area contributed by atoms with E-state index in [1.54, 1.807) is 17.1 Å². The van der Waals surface area contributed by atoms with Crippen LogP contribution in [0.3, 0.4) is 0 Å². The zero-order chi connectivity index (χ0) is 20.4. The van der Waals surface area contributed by atoms with Crippen LogP contribution in [-0.4, -0.2) is 28.5 Å². The van der Waals surface area contributed by atoms with E-state index in [4.69, 9.17) is 14.5 Å². The molecule has 6 nitrogen and oxygen atoms in total. The third kappa shape index (κ3) is 2.86. The molecule has 158 valence electrons. The lowest BCUT2D eigenvalue weighted by Gasteiger charge is -2.61. The summed E-state index contributed by atoms with van der Waals surface area (Å²) in [6.45, 7) is 6.54. The minimum atomic E-state index is -0.867. The van der Waals surface area contributed by atoms with Crippen molar-refractivity contribution in [3.63, 3.8) is 0 Å². The molecular weight excluding hydrogens is 375 g/mol. The Morgan fingerprint density at radius 1 is 1.14 bits per heavy atom. The third-order valence-electron chi connectivity index (χ3n) is 7.63. The number of amides is 1. The van der Waals surface area contributed by atoms with Gasteiger partial charge >= 0.3 is 0 Å². The molecule has 0 radical (unpaired) electrons. The van der Waals surface area contributed by atoms with Gasteiger partial charge in [0, 0.05) is 24.8 Å². The van der Waals surface area contributed by atoms with Gasteiger partial charge < -0.3 is 4.74 Å². The molecule has 1 aromatic carbocycles. The number of benzene rings is 1. The highest BCUT2D eigenvalue weighted by atomic mass is 19.1. The Hall–Kier alpha value is -1.54. The lowest BCUT2D eigenvalue weighted by molar-refractivity contribution is -0.549. The van der Waals surface area contributed by atoms with Crippen molar-refractivity contribution in [3.05, 3.63) is 35.6 Å². The monoisotopic (exact) mass is 404 g/mol. The third-order valence-corrected chi connectivity index (χ3v) is 7.63. The highest BCUT2D eigenvalue weighted by molar-refractivity contribution is 5.80. The first kappa shape index (κ1) is 19.4. The summed E-state index contributed by atoms with van der Waals surface area (Å²) < 4.78 is 19.7. The first-order valence-corrected chi connectivity index (χ1v) is 10.7. The van der Waals surface area contributed by atoms with Gasteiger partial charge in [0.25, 0.3) is 0 Å². The van der Waals surface area contributed by atoms with Gasteiger partial charge in [-0.05, 0) is 55.7 Å². The van der Waals surface area contributed by atoms with Crippen LogP contribution in [0.1, 0.15) is 52.0 Å². The minimum Gasteiger partial charge on any atom is -0.319 e. The fourth-order valence-electron chi connectivity index (χ4n) is 6.00. The Balaban J connectivity index is 1.51. The van der Waals surface area contributed by atoms with Crippen LogP contribution >= 0.6 is 0 Å². The van der Waals surface area contributed by atoms with Gasteiger partial charge in [-0.15, -0.1) is 0 Å². The summed E-state index contributed by atoms with van der Waals surface area (Å²) in [6, 6.07) is 6.28. The SMILES string of the molecule is C[C@@H]1CC[C@H]2[C@@H](C)C(=O)N(NCc3ccc(F)cc3)[C@@H]3O[C@@]4(C)CC[C@@H]1[C@@]23OO4. The van der Waals surface area contributed by atoms with E-state index in [1.165, 1.54) is 12.1 Å². The molecule has 1 amide bonds. The quantitative estimate of drug-likeness (QED) is 0.781. The van der Waals surface area contributed by atoms with Gasteiger partial charge in [0.1, 0.15) is 5.82 Å². The highest BCUT2D eigenvalue weighted by Crippen LogP contribution is 2.60. The predicted molar refractivity (Wildman–Crippen MR) is 102 cm³/mol. The van der Waals surface area contributed by atoms with E-state index in [2.05, 4.69) is 12.3 Å². The van der Waals surface area contributed by atoms with Gasteiger partial charge in [-0.3, -0.25) is 4.79 Å².